The SMILES string of the molecule is COc1ccccc1C=CC(=O)C(C(=O)c1ccccc1)=C1SCCS1. The lowest BCUT2D eigenvalue weighted by molar-refractivity contribution is -0.111. The van der Waals surface area contributed by atoms with E-state index in [2.05, 4.69) is 0 Å². The number of hydrogen-bond donors (Lipinski definition) is 0. The summed E-state index contributed by atoms with van der Waals surface area (Å²) in [7, 11) is 1.59. The molecule has 0 spiro atoms. The van der Waals surface area contributed by atoms with Gasteiger partial charge in [0.05, 0.1) is 16.9 Å². The minimum atomic E-state index is -0.276. The average molecular weight is 383 g/mol. The van der Waals surface area contributed by atoms with Crippen molar-refractivity contribution >= 4 is 41.2 Å². The van der Waals surface area contributed by atoms with Gasteiger partial charge in [-0.2, -0.15) is 0 Å². The normalized spacial score (nSPS) is 13.8. The Balaban J connectivity index is 1.93. The van der Waals surface area contributed by atoms with Crippen molar-refractivity contribution in [2.24, 2.45) is 0 Å². The van der Waals surface area contributed by atoms with Gasteiger partial charge in [-0.15, -0.1) is 23.5 Å². The summed E-state index contributed by atoms with van der Waals surface area (Å²) < 4.78 is 6.12. The van der Waals surface area contributed by atoms with Crippen molar-refractivity contribution in [3.05, 3.63) is 81.6 Å². The zero-order chi connectivity index (χ0) is 18.4. The van der Waals surface area contributed by atoms with Crippen molar-refractivity contribution in [2.75, 3.05) is 18.6 Å². The number of Topliss-reactive ketones (excluding diaryl/α,β-unsaturated/α-hetero) is 1. The van der Waals surface area contributed by atoms with Gasteiger partial charge in [0.15, 0.2) is 11.6 Å². The minimum Gasteiger partial charge on any atom is -0.496 e. The summed E-state index contributed by atoms with van der Waals surface area (Å²) in [5.41, 5.74) is 1.59. The van der Waals surface area contributed by atoms with Crippen LogP contribution in [0.15, 0.2) is 70.5 Å². The number of para-hydroxylation sites is 1. The second-order valence-electron chi connectivity index (χ2n) is 5.49. The van der Waals surface area contributed by atoms with Crippen LogP contribution in [0.2, 0.25) is 0 Å². The van der Waals surface area contributed by atoms with Gasteiger partial charge in [-0.3, -0.25) is 9.59 Å². The van der Waals surface area contributed by atoms with Gasteiger partial charge in [0, 0.05) is 22.6 Å². The fraction of sp³-hybridized carbons (Fsp3) is 0.143. The largest absolute Gasteiger partial charge is 0.496 e. The molecule has 0 aliphatic carbocycles. The van der Waals surface area contributed by atoms with E-state index in [1.165, 1.54) is 6.08 Å². The van der Waals surface area contributed by atoms with Crippen molar-refractivity contribution in [3.63, 3.8) is 0 Å². The number of ketones is 2. The maximum atomic E-state index is 12.9. The van der Waals surface area contributed by atoms with Crippen LogP contribution in [-0.4, -0.2) is 30.2 Å². The maximum Gasteiger partial charge on any atom is 0.198 e. The van der Waals surface area contributed by atoms with Crippen LogP contribution in [-0.2, 0) is 4.79 Å². The van der Waals surface area contributed by atoms with Gasteiger partial charge in [0.1, 0.15) is 5.75 Å². The van der Waals surface area contributed by atoms with Crippen LogP contribution < -0.4 is 4.74 Å². The minimum absolute atomic E-state index is 0.225. The van der Waals surface area contributed by atoms with Crippen LogP contribution in [0.4, 0.5) is 0 Å². The Hall–Kier alpha value is -2.24. The number of carbonyl (C=O) groups is 2. The summed E-state index contributed by atoms with van der Waals surface area (Å²) in [5.74, 6) is 2.01. The molecule has 1 aliphatic heterocycles. The molecule has 0 radical (unpaired) electrons. The van der Waals surface area contributed by atoms with Gasteiger partial charge < -0.3 is 4.74 Å². The van der Waals surface area contributed by atoms with Crippen molar-refractivity contribution < 1.29 is 14.3 Å². The van der Waals surface area contributed by atoms with Gasteiger partial charge in [0.25, 0.3) is 0 Å². The molecule has 0 amide bonds. The summed E-state index contributed by atoms with van der Waals surface area (Å²) in [6.07, 6.45) is 3.16. The Bertz CT molecular complexity index is 862. The molecule has 3 rings (SSSR count). The van der Waals surface area contributed by atoms with E-state index < -0.39 is 0 Å². The van der Waals surface area contributed by atoms with Crippen molar-refractivity contribution in [3.8, 4) is 5.75 Å². The number of methoxy groups -OCH3 is 1. The Kier molecular flexibility index (Phi) is 6.36. The molecule has 0 aromatic heterocycles. The van der Waals surface area contributed by atoms with Crippen LogP contribution >= 0.6 is 23.5 Å². The molecule has 0 bridgehead atoms. The van der Waals surface area contributed by atoms with Crippen LogP contribution in [0, 0.1) is 0 Å². The zero-order valence-corrected chi connectivity index (χ0v) is 15.9. The predicted octanol–water partition coefficient (Wildman–Crippen LogP) is 4.85. The Morgan fingerprint density at radius 3 is 2.31 bits per heavy atom. The van der Waals surface area contributed by atoms with Gasteiger partial charge in [-0.05, 0) is 18.2 Å². The highest BCUT2D eigenvalue weighted by atomic mass is 32.2. The first-order chi connectivity index (χ1) is 12.7. The molecule has 132 valence electrons. The molecule has 0 unspecified atom stereocenters. The Labute approximate surface area is 161 Å². The molecule has 1 saturated heterocycles. The first-order valence-corrected chi connectivity index (χ1v) is 10.1. The second-order valence-corrected chi connectivity index (χ2v) is 7.96. The standard InChI is InChI=1S/C21H18O3S2/c1-24-18-10-6-5-7-15(18)11-12-17(22)19(21-25-13-14-26-21)20(23)16-8-3-2-4-9-16/h2-12H,13-14H2,1H3. The number of benzene rings is 2. The lowest BCUT2D eigenvalue weighted by atomic mass is 10.0. The number of thioether (sulfide) groups is 2. The average Bonchev–Trinajstić information content (AvgIpc) is 3.21. The summed E-state index contributed by atoms with van der Waals surface area (Å²) in [5, 5.41) is 0. The smallest absolute Gasteiger partial charge is 0.198 e. The first kappa shape index (κ1) is 18.5. The molecule has 0 N–H and O–H groups in total. The molecule has 26 heavy (non-hydrogen) atoms. The van der Waals surface area contributed by atoms with Crippen LogP contribution in [0.3, 0.4) is 0 Å². The zero-order valence-electron chi connectivity index (χ0n) is 14.3. The molecule has 0 atom stereocenters. The third kappa shape index (κ3) is 4.29. The van der Waals surface area contributed by atoms with E-state index in [0.717, 1.165) is 21.3 Å². The fourth-order valence-electron chi connectivity index (χ4n) is 2.55. The van der Waals surface area contributed by atoms with E-state index in [0.29, 0.717) is 11.3 Å². The number of carbonyl (C=O) groups excluding carboxylic acids is 2. The Morgan fingerprint density at radius 1 is 0.962 bits per heavy atom. The number of allylic oxidation sites excluding steroid dienone is 2. The molecule has 0 saturated carbocycles. The molecule has 1 heterocycles. The number of rotatable bonds is 6. The van der Waals surface area contributed by atoms with Crippen molar-refractivity contribution in [2.45, 2.75) is 0 Å². The van der Waals surface area contributed by atoms with E-state index in [-0.39, 0.29) is 17.1 Å². The monoisotopic (exact) mass is 382 g/mol. The van der Waals surface area contributed by atoms with E-state index in [1.807, 2.05) is 30.3 Å². The predicted molar refractivity (Wildman–Crippen MR) is 110 cm³/mol. The number of hydrogen-bond acceptors (Lipinski definition) is 5. The maximum absolute atomic E-state index is 12.9. The fourth-order valence-corrected chi connectivity index (χ4v) is 5.09. The van der Waals surface area contributed by atoms with Gasteiger partial charge in [0.2, 0.25) is 0 Å². The van der Waals surface area contributed by atoms with Crippen LogP contribution in [0.1, 0.15) is 15.9 Å². The van der Waals surface area contributed by atoms with Crippen molar-refractivity contribution in [1.82, 2.24) is 0 Å². The Morgan fingerprint density at radius 2 is 1.62 bits per heavy atom. The van der Waals surface area contributed by atoms with Gasteiger partial charge in [-0.25, -0.2) is 0 Å². The lowest BCUT2D eigenvalue weighted by Gasteiger charge is -2.07. The van der Waals surface area contributed by atoms with E-state index in [9.17, 15) is 9.59 Å². The molecular weight excluding hydrogens is 364 g/mol. The summed E-state index contributed by atoms with van der Waals surface area (Å²) in [4.78, 5) is 25.8. The summed E-state index contributed by atoms with van der Waals surface area (Å²) >= 11 is 3.15. The third-order valence-electron chi connectivity index (χ3n) is 3.82. The van der Waals surface area contributed by atoms with Crippen LogP contribution in [0.25, 0.3) is 6.08 Å². The highest BCUT2D eigenvalue weighted by molar-refractivity contribution is 8.25. The van der Waals surface area contributed by atoms with E-state index in [1.54, 1.807) is 61.0 Å². The number of ether oxygens (including phenoxy) is 1. The second kappa shape index (κ2) is 8.92. The molecule has 2 aromatic rings. The first-order valence-electron chi connectivity index (χ1n) is 8.15. The molecule has 2 aromatic carbocycles. The topological polar surface area (TPSA) is 43.4 Å². The molecule has 3 nitrogen and oxygen atoms in total. The van der Waals surface area contributed by atoms with E-state index >= 15 is 0 Å². The van der Waals surface area contributed by atoms with Crippen LogP contribution in [0.5, 0.6) is 5.75 Å². The quantitative estimate of drug-likeness (QED) is 0.309. The highest BCUT2D eigenvalue weighted by Crippen LogP contribution is 2.40. The molecular formula is C21H18O3S2. The summed E-state index contributed by atoms with van der Waals surface area (Å²) in [6.45, 7) is 0. The van der Waals surface area contributed by atoms with Crippen molar-refractivity contribution in [1.29, 1.82) is 0 Å². The molecule has 5 heteroatoms. The van der Waals surface area contributed by atoms with Gasteiger partial charge in [-0.1, -0.05) is 48.5 Å². The van der Waals surface area contributed by atoms with Gasteiger partial charge >= 0.3 is 0 Å². The lowest BCUT2D eigenvalue weighted by Crippen LogP contribution is -2.12. The summed E-state index contributed by atoms with van der Waals surface area (Å²) in [6, 6.07) is 16.4. The molecule has 1 fully saturated rings. The third-order valence-corrected chi connectivity index (χ3v) is 6.53. The highest BCUT2D eigenvalue weighted by Gasteiger charge is 2.25. The molecule has 1 aliphatic rings. The van der Waals surface area contributed by atoms with E-state index in [4.69, 9.17) is 4.74 Å².